The SMILES string of the molecule is CCCC=C1SC(c2ccccc2)N(NC(=O)c2ccccc2O)C1=O. The van der Waals surface area contributed by atoms with Gasteiger partial charge in [0, 0.05) is 0 Å². The minimum atomic E-state index is -0.519. The molecule has 2 amide bonds. The first-order valence-corrected chi connectivity index (χ1v) is 9.34. The number of thioether (sulfide) groups is 1. The maximum atomic E-state index is 12.8. The van der Waals surface area contributed by atoms with Crippen molar-refractivity contribution in [2.24, 2.45) is 0 Å². The summed E-state index contributed by atoms with van der Waals surface area (Å²) in [4.78, 5) is 26.0. The van der Waals surface area contributed by atoms with E-state index in [2.05, 4.69) is 5.43 Å². The molecule has 0 radical (unpaired) electrons. The highest BCUT2D eigenvalue weighted by Gasteiger charge is 2.38. The number of hydrogen-bond donors (Lipinski definition) is 2. The highest BCUT2D eigenvalue weighted by molar-refractivity contribution is 8.04. The van der Waals surface area contributed by atoms with Crippen molar-refractivity contribution in [2.45, 2.75) is 25.1 Å². The van der Waals surface area contributed by atoms with Gasteiger partial charge in [0.05, 0.1) is 10.5 Å². The van der Waals surface area contributed by atoms with Crippen LogP contribution in [0.5, 0.6) is 5.75 Å². The van der Waals surface area contributed by atoms with Gasteiger partial charge >= 0.3 is 0 Å². The third kappa shape index (κ3) is 3.75. The van der Waals surface area contributed by atoms with Crippen LogP contribution in [0.3, 0.4) is 0 Å². The molecule has 2 N–H and O–H groups in total. The number of aromatic hydroxyl groups is 1. The van der Waals surface area contributed by atoms with Crippen molar-refractivity contribution in [3.63, 3.8) is 0 Å². The number of hydrogen-bond acceptors (Lipinski definition) is 4. The molecular weight excluding hydrogens is 348 g/mol. The van der Waals surface area contributed by atoms with E-state index in [1.54, 1.807) is 12.1 Å². The molecule has 1 heterocycles. The summed E-state index contributed by atoms with van der Waals surface area (Å²) in [6.07, 6.45) is 3.66. The molecule has 0 aromatic heterocycles. The van der Waals surface area contributed by atoms with E-state index in [-0.39, 0.29) is 22.6 Å². The van der Waals surface area contributed by atoms with Gasteiger partial charge < -0.3 is 5.11 Å². The van der Waals surface area contributed by atoms with E-state index < -0.39 is 5.91 Å². The van der Waals surface area contributed by atoms with Gasteiger partial charge in [-0.1, -0.05) is 73.6 Å². The third-order valence-electron chi connectivity index (χ3n) is 3.98. The zero-order valence-electron chi connectivity index (χ0n) is 14.4. The Morgan fingerprint density at radius 1 is 1.19 bits per heavy atom. The molecule has 0 saturated carbocycles. The van der Waals surface area contributed by atoms with Crippen molar-refractivity contribution in [1.82, 2.24) is 10.4 Å². The second kappa shape index (κ2) is 8.10. The van der Waals surface area contributed by atoms with E-state index in [1.807, 2.05) is 43.3 Å². The highest BCUT2D eigenvalue weighted by Crippen LogP contribution is 2.44. The van der Waals surface area contributed by atoms with Crippen LogP contribution in [-0.4, -0.2) is 21.9 Å². The molecule has 0 bridgehead atoms. The lowest BCUT2D eigenvalue weighted by Gasteiger charge is -2.24. The van der Waals surface area contributed by atoms with Gasteiger partial charge in [0.15, 0.2) is 0 Å². The monoisotopic (exact) mass is 368 g/mol. The van der Waals surface area contributed by atoms with Crippen molar-refractivity contribution in [3.05, 3.63) is 76.7 Å². The quantitative estimate of drug-likeness (QED) is 0.783. The zero-order valence-corrected chi connectivity index (χ0v) is 15.2. The van der Waals surface area contributed by atoms with Crippen molar-refractivity contribution < 1.29 is 14.7 Å². The second-order valence-electron chi connectivity index (χ2n) is 5.87. The van der Waals surface area contributed by atoms with E-state index in [1.165, 1.54) is 28.9 Å². The summed E-state index contributed by atoms with van der Waals surface area (Å²) in [6.45, 7) is 2.05. The Morgan fingerprint density at radius 2 is 1.88 bits per heavy atom. The van der Waals surface area contributed by atoms with Crippen LogP contribution in [0.15, 0.2) is 65.6 Å². The molecule has 2 aromatic carbocycles. The first-order valence-electron chi connectivity index (χ1n) is 8.46. The summed E-state index contributed by atoms with van der Waals surface area (Å²) in [5.41, 5.74) is 3.71. The molecule has 26 heavy (non-hydrogen) atoms. The van der Waals surface area contributed by atoms with Crippen LogP contribution in [0.2, 0.25) is 0 Å². The van der Waals surface area contributed by atoms with Crippen molar-refractivity contribution in [2.75, 3.05) is 0 Å². The molecule has 6 heteroatoms. The highest BCUT2D eigenvalue weighted by atomic mass is 32.2. The molecular formula is C20H20N2O3S. The van der Waals surface area contributed by atoms with Gasteiger partial charge in [-0.2, -0.15) is 0 Å². The van der Waals surface area contributed by atoms with Crippen LogP contribution in [0.25, 0.3) is 0 Å². The average Bonchev–Trinajstić information content (AvgIpc) is 2.97. The number of carbonyl (C=O) groups is 2. The van der Waals surface area contributed by atoms with E-state index in [4.69, 9.17) is 0 Å². The number of nitrogens with one attached hydrogen (secondary N) is 1. The van der Waals surface area contributed by atoms with Gasteiger partial charge in [0.1, 0.15) is 11.1 Å². The molecule has 1 aliphatic heterocycles. The van der Waals surface area contributed by atoms with E-state index in [0.29, 0.717) is 4.91 Å². The molecule has 2 aromatic rings. The van der Waals surface area contributed by atoms with Crippen molar-refractivity contribution in [1.29, 1.82) is 0 Å². The van der Waals surface area contributed by atoms with E-state index >= 15 is 0 Å². The number of unbranched alkanes of at least 4 members (excludes halogenated alkanes) is 1. The number of phenols is 1. The number of rotatable bonds is 5. The Kier molecular flexibility index (Phi) is 5.63. The summed E-state index contributed by atoms with van der Waals surface area (Å²) >= 11 is 1.42. The van der Waals surface area contributed by atoms with Crippen LogP contribution in [0.4, 0.5) is 0 Å². The number of phenolic OH excluding ortho intramolecular Hbond substituents is 1. The molecule has 0 aliphatic carbocycles. The zero-order chi connectivity index (χ0) is 18.5. The largest absolute Gasteiger partial charge is 0.507 e. The molecule has 1 fully saturated rings. The molecule has 5 nitrogen and oxygen atoms in total. The number of amides is 2. The second-order valence-corrected chi connectivity index (χ2v) is 6.99. The minimum absolute atomic E-state index is 0.123. The maximum absolute atomic E-state index is 12.8. The summed E-state index contributed by atoms with van der Waals surface area (Å²) in [5, 5.41) is 10.9. The van der Waals surface area contributed by atoms with Gasteiger partial charge in [-0.05, 0) is 24.1 Å². The number of nitrogens with zero attached hydrogens (tertiary/aromatic N) is 1. The normalized spacial score (nSPS) is 18.3. The molecule has 0 spiro atoms. The third-order valence-corrected chi connectivity index (χ3v) is 5.28. The number of para-hydroxylation sites is 1. The maximum Gasteiger partial charge on any atom is 0.279 e. The lowest BCUT2D eigenvalue weighted by Crippen LogP contribution is -2.44. The molecule has 134 valence electrons. The van der Waals surface area contributed by atoms with Gasteiger partial charge in [0.25, 0.3) is 11.8 Å². The molecule has 1 unspecified atom stereocenters. The van der Waals surface area contributed by atoms with Crippen LogP contribution >= 0.6 is 11.8 Å². The predicted octanol–water partition coefficient (Wildman–Crippen LogP) is 4.00. The molecule has 1 aliphatic rings. The standard InChI is InChI=1S/C20H20N2O3S/c1-2-3-13-17-19(25)22(20(26-17)14-9-5-4-6-10-14)21-18(24)15-11-7-8-12-16(15)23/h4-13,20,23H,2-3H2,1H3,(H,21,24). The van der Waals surface area contributed by atoms with Crippen LogP contribution in [0.1, 0.15) is 41.1 Å². The Morgan fingerprint density at radius 3 is 2.58 bits per heavy atom. The first kappa shape index (κ1) is 18.1. The van der Waals surface area contributed by atoms with Gasteiger partial charge in [-0.15, -0.1) is 0 Å². The van der Waals surface area contributed by atoms with Crippen molar-refractivity contribution >= 4 is 23.6 Å². The number of benzene rings is 2. The van der Waals surface area contributed by atoms with Crippen LogP contribution in [0, 0.1) is 0 Å². The number of carbonyl (C=O) groups excluding carboxylic acids is 2. The lowest BCUT2D eigenvalue weighted by atomic mass is 10.2. The van der Waals surface area contributed by atoms with Crippen molar-refractivity contribution in [3.8, 4) is 5.75 Å². The average molecular weight is 368 g/mol. The Balaban J connectivity index is 1.89. The fourth-order valence-electron chi connectivity index (χ4n) is 2.64. The first-order chi connectivity index (χ1) is 12.6. The smallest absolute Gasteiger partial charge is 0.279 e. The van der Waals surface area contributed by atoms with Gasteiger partial charge in [0.2, 0.25) is 0 Å². The predicted molar refractivity (Wildman–Crippen MR) is 102 cm³/mol. The van der Waals surface area contributed by atoms with Crippen LogP contribution in [-0.2, 0) is 4.79 Å². The number of allylic oxidation sites excluding steroid dienone is 1. The number of hydrazine groups is 1. The summed E-state index contributed by atoms with van der Waals surface area (Å²) in [5.74, 6) is -0.877. The van der Waals surface area contributed by atoms with E-state index in [9.17, 15) is 14.7 Å². The molecule has 1 atom stereocenters. The topological polar surface area (TPSA) is 69.6 Å². The Hall–Kier alpha value is -2.73. The van der Waals surface area contributed by atoms with Gasteiger partial charge in [-0.3, -0.25) is 15.0 Å². The Bertz CT molecular complexity index is 836. The summed E-state index contributed by atoms with van der Waals surface area (Å²) in [7, 11) is 0. The summed E-state index contributed by atoms with van der Waals surface area (Å²) in [6, 6.07) is 15.8. The fraction of sp³-hybridized carbons (Fsp3) is 0.200. The molecule has 1 saturated heterocycles. The fourth-order valence-corrected chi connectivity index (χ4v) is 3.84. The van der Waals surface area contributed by atoms with Crippen LogP contribution < -0.4 is 5.43 Å². The Labute approximate surface area is 156 Å². The summed E-state index contributed by atoms with van der Waals surface area (Å²) < 4.78 is 0. The molecule has 3 rings (SSSR count). The lowest BCUT2D eigenvalue weighted by molar-refractivity contribution is -0.128. The minimum Gasteiger partial charge on any atom is -0.507 e. The van der Waals surface area contributed by atoms with Gasteiger partial charge in [-0.25, -0.2) is 5.01 Å². The van der Waals surface area contributed by atoms with E-state index in [0.717, 1.165) is 18.4 Å².